The van der Waals surface area contributed by atoms with Gasteiger partial charge in [0.15, 0.2) is 0 Å². The van der Waals surface area contributed by atoms with Gasteiger partial charge < -0.3 is 10.6 Å². The maximum atomic E-state index is 12.4. The molecule has 2 unspecified atom stereocenters. The summed E-state index contributed by atoms with van der Waals surface area (Å²) in [6.45, 7) is 6.94. The van der Waals surface area contributed by atoms with E-state index in [2.05, 4.69) is 20.8 Å². The normalized spacial score (nSPS) is 22.5. The van der Waals surface area contributed by atoms with E-state index in [1.807, 2.05) is 23.7 Å². The van der Waals surface area contributed by atoms with E-state index < -0.39 is 0 Å². The number of carbonyl (C=O) groups is 1. The standard InChI is InChI=1S/C13H26N2OS/c1-13(2,3)7-10(8-14)12(16)15(4)11-5-6-17-9-11/h10-11H,5-9,14H2,1-4H3. The van der Waals surface area contributed by atoms with Crippen LogP contribution < -0.4 is 5.73 Å². The first-order valence-electron chi connectivity index (χ1n) is 6.39. The number of nitrogens with zero attached hydrogens (tertiary/aromatic N) is 1. The Morgan fingerprint density at radius 1 is 1.53 bits per heavy atom. The van der Waals surface area contributed by atoms with Crippen LogP contribution in [-0.2, 0) is 4.79 Å². The summed E-state index contributed by atoms with van der Waals surface area (Å²) < 4.78 is 0. The number of amides is 1. The zero-order chi connectivity index (χ0) is 13.1. The van der Waals surface area contributed by atoms with Crippen molar-refractivity contribution in [2.45, 2.75) is 39.7 Å². The van der Waals surface area contributed by atoms with Gasteiger partial charge in [0, 0.05) is 25.4 Å². The van der Waals surface area contributed by atoms with Crippen LogP contribution in [0.4, 0.5) is 0 Å². The Kier molecular flexibility index (Phi) is 5.32. The summed E-state index contributed by atoms with van der Waals surface area (Å²) in [6, 6.07) is 0.418. The molecule has 1 aliphatic heterocycles. The summed E-state index contributed by atoms with van der Waals surface area (Å²) in [7, 11) is 1.93. The van der Waals surface area contributed by atoms with E-state index in [0.717, 1.165) is 18.6 Å². The van der Waals surface area contributed by atoms with Gasteiger partial charge in [0.1, 0.15) is 0 Å². The van der Waals surface area contributed by atoms with Crippen molar-refractivity contribution in [1.29, 1.82) is 0 Å². The van der Waals surface area contributed by atoms with E-state index in [1.54, 1.807) is 0 Å². The minimum Gasteiger partial charge on any atom is -0.342 e. The molecule has 0 spiro atoms. The van der Waals surface area contributed by atoms with Gasteiger partial charge in [-0.25, -0.2) is 0 Å². The lowest BCUT2D eigenvalue weighted by atomic mass is 9.84. The molecule has 0 bridgehead atoms. The fraction of sp³-hybridized carbons (Fsp3) is 0.923. The number of carbonyl (C=O) groups excluding carboxylic acids is 1. The molecule has 100 valence electrons. The largest absolute Gasteiger partial charge is 0.342 e. The highest BCUT2D eigenvalue weighted by atomic mass is 32.2. The predicted octanol–water partition coefficient (Wildman–Crippen LogP) is 1.96. The van der Waals surface area contributed by atoms with Gasteiger partial charge in [-0.2, -0.15) is 11.8 Å². The van der Waals surface area contributed by atoms with Crippen molar-refractivity contribution >= 4 is 17.7 Å². The number of hydrogen-bond acceptors (Lipinski definition) is 3. The van der Waals surface area contributed by atoms with E-state index in [-0.39, 0.29) is 17.2 Å². The van der Waals surface area contributed by atoms with Gasteiger partial charge in [0.2, 0.25) is 5.91 Å². The van der Waals surface area contributed by atoms with Gasteiger partial charge in [0.05, 0.1) is 5.92 Å². The zero-order valence-corrected chi connectivity index (χ0v) is 12.3. The lowest BCUT2D eigenvalue weighted by Gasteiger charge is -2.31. The van der Waals surface area contributed by atoms with E-state index in [0.29, 0.717) is 12.6 Å². The van der Waals surface area contributed by atoms with Crippen molar-refractivity contribution in [3.63, 3.8) is 0 Å². The number of hydrogen-bond donors (Lipinski definition) is 1. The quantitative estimate of drug-likeness (QED) is 0.838. The molecule has 2 atom stereocenters. The maximum Gasteiger partial charge on any atom is 0.226 e. The number of nitrogens with two attached hydrogens (primary N) is 1. The number of thioether (sulfide) groups is 1. The summed E-state index contributed by atoms with van der Waals surface area (Å²) in [5.74, 6) is 2.46. The smallest absolute Gasteiger partial charge is 0.226 e. The monoisotopic (exact) mass is 258 g/mol. The molecule has 0 aromatic rings. The Balaban J connectivity index is 2.58. The molecule has 1 saturated heterocycles. The molecule has 0 radical (unpaired) electrons. The third kappa shape index (κ3) is 4.51. The minimum atomic E-state index is -0.0226. The Morgan fingerprint density at radius 2 is 2.18 bits per heavy atom. The number of rotatable bonds is 4. The van der Waals surface area contributed by atoms with Gasteiger partial charge in [-0.05, 0) is 24.0 Å². The zero-order valence-electron chi connectivity index (χ0n) is 11.5. The molecule has 0 aromatic carbocycles. The average molecular weight is 258 g/mol. The molecule has 1 aliphatic rings. The molecular formula is C13H26N2OS. The Labute approximate surface area is 109 Å². The second kappa shape index (κ2) is 6.10. The third-order valence-corrected chi connectivity index (χ3v) is 4.44. The van der Waals surface area contributed by atoms with E-state index in [1.165, 1.54) is 5.75 Å². The molecule has 17 heavy (non-hydrogen) atoms. The molecule has 0 aliphatic carbocycles. The molecule has 1 fully saturated rings. The van der Waals surface area contributed by atoms with Crippen molar-refractivity contribution < 1.29 is 4.79 Å². The van der Waals surface area contributed by atoms with Crippen LogP contribution in [-0.4, -0.2) is 41.9 Å². The Hall–Kier alpha value is -0.220. The first-order valence-corrected chi connectivity index (χ1v) is 7.55. The molecule has 1 rings (SSSR count). The Morgan fingerprint density at radius 3 is 2.59 bits per heavy atom. The van der Waals surface area contributed by atoms with E-state index in [9.17, 15) is 4.79 Å². The van der Waals surface area contributed by atoms with Gasteiger partial charge in [0.25, 0.3) is 0 Å². The van der Waals surface area contributed by atoms with Crippen molar-refractivity contribution in [3.05, 3.63) is 0 Å². The molecule has 0 aromatic heterocycles. The van der Waals surface area contributed by atoms with Crippen molar-refractivity contribution in [1.82, 2.24) is 4.90 Å². The molecule has 3 nitrogen and oxygen atoms in total. The minimum absolute atomic E-state index is 0.0226. The van der Waals surface area contributed by atoms with Crippen LogP contribution in [0.5, 0.6) is 0 Å². The predicted molar refractivity (Wildman–Crippen MR) is 75.1 cm³/mol. The molecular weight excluding hydrogens is 232 g/mol. The third-order valence-electron chi connectivity index (χ3n) is 3.29. The van der Waals surface area contributed by atoms with Crippen molar-refractivity contribution in [3.8, 4) is 0 Å². The summed E-state index contributed by atoms with van der Waals surface area (Å²) in [4.78, 5) is 14.3. The van der Waals surface area contributed by atoms with Crippen LogP contribution in [0.25, 0.3) is 0 Å². The van der Waals surface area contributed by atoms with Crippen molar-refractivity contribution in [2.75, 3.05) is 25.1 Å². The fourth-order valence-electron chi connectivity index (χ4n) is 2.31. The van der Waals surface area contributed by atoms with E-state index in [4.69, 9.17) is 5.73 Å². The van der Waals surface area contributed by atoms with Crippen LogP contribution >= 0.6 is 11.8 Å². The lowest BCUT2D eigenvalue weighted by Crippen LogP contribution is -2.43. The summed E-state index contributed by atoms with van der Waals surface area (Å²) in [5.41, 5.74) is 5.92. The Bertz CT molecular complexity index is 257. The summed E-state index contributed by atoms with van der Waals surface area (Å²) in [6.07, 6.45) is 1.99. The first-order chi connectivity index (χ1) is 7.85. The highest BCUT2D eigenvalue weighted by molar-refractivity contribution is 7.99. The molecule has 0 saturated carbocycles. The highest BCUT2D eigenvalue weighted by Crippen LogP contribution is 2.27. The van der Waals surface area contributed by atoms with Crippen LogP contribution in [0, 0.1) is 11.3 Å². The average Bonchev–Trinajstić information content (AvgIpc) is 2.75. The molecule has 1 heterocycles. The van der Waals surface area contributed by atoms with Crippen LogP contribution in [0.2, 0.25) is 0 Å². The van der Waals surface area contributed by atoms with Crippen LogP contribution in [0.1, 0.15) is 33.6 Å². The first kappa shape index (κ1) is 14.8. The fourth-order valence-corrected chi connectivity index (χ4v) is 3.57. The molecule has 2 N–H and O–H groups in total. The van der Waals surface area contributed by atoms with Gasteiger partial charge in [-0.15, -0.1) is 0 Å². The van der Waals surface area contributed by atoms with Crippen LogP contribution in [0.3, 0.4) is 0 Å². The second-order valence-corrected chi connectivity index (χ2v) is 7.31. The highest BCUT2D eigenvalue weighted by Gasteiger charge is 2.30. The maximum absolute atomic E-state index is 12.4. The summed E-state index contributed by atoms with van der Waals surface area (Å²) in [5, 5.41) is 0. The van der Waals surface area contributed by atoms with Crippen molar-refractivity contribution in [2.24, 2.45) is 17.1 Å². The lowest BCUT2D eigenvalue weighted by molar-refractivity contribution is -0.136. The van der Waals surface area contributed by atoms with Gasteiger partial charge >= 0.3 is 0 Å². The topological polar surface area (TPSA) is 46.3 Å². The second-order valence-electron chi connectivity index (χ2n) is 6.16. The van der Waals surface area contributed by atoms with Gasteiger partial charge in [-0.3, -0.25) is 4.79 Å². The molecule has 1 amide bonds. The van der Waals surface area contributed by atoms with Gasteiger partial charge in [-0.1, -0.05) is 20.8 Å². The van der Waals surface area contributed by atoms with E-state index >= 15 is 0 Å². The summed E-state index contributed by atoms with van der Waals surface area (Å²) >= 11 is 1.94. The van der Waals surface area contributed by atoms with Crippen LogP contribution in [0.15, 0.2) is 0 Å². The SMILES string of the molecule is CN(C(=O)C(CN)CC(C)(C)C)C1CCSC1. The molecule has 4 heteroatoms.